The van der Waals surface area contributed by atoms with Crippen LogP contribution >= 0.6 is 0 Å². The average molecular weight is 158 g/mol. The minimum Gasteiger partial charge on any atom is -0.478 e. The Hall–Kier alpha value is -0.830. The Balaban J connectivity index is 4.19. The largest absolute Gasteiger partial charge is 0.478 e. The lowest BCUT2D eigenvalue weighted by atomic mass is 10.0. The van der Waals surface area contributed by atoms with Gasteiger partial charge in [0.05, 0.1) is 6.10 Å². The third kappa shape index (κ3) is 3.78. The number of aliphatic carboxylic acids is 1. The van der Waals surface area contributed by atoms with Crippen LogP contribution in [0.15, 0.2) is 11.6 Å². The van der Waals surface area contributed by atoms with Crippen LogP contribution in [0.2, 0.25) is 0 Å². The summed E-state index contributed by atoms with van der Waals surface area (Å²) in [7, 11) is 0. The molecule has 0 aliphatic rings. The van der Waals surface area contributed by atoms with E-state index in [1.54, 1.807) is 19.9 Å². The molecule has 0 aliphatic carbocycles. The molecule has 0 bridgehead atoms. The number of carboxylic acid groups (broad SMARTS) is 1. The molecule has 2 atom stereocenters. The highest BCUT2D eigenvalue weighted by Gasteiger charge is 2.07. The molecule has 2 unspecified atom stereocenters. The monoisotopic (exact) mass is 158 g/mol. The van der Waals surface area contributed by atoms with Crippen molar-refractivity contribution < 1.29 is 15.0 Å². The highest BCUT2D eigenvalue weighted by Crippen LogP contribution is 2.07. The van der Waals surface area contributed by atoms with Crippen LogP contribution in [-0.2, 0) is 4.79 Å². The van der Waals surface area contributed by atoms with Crippen molar-refractivity contribution in [3.05, 3.63) is 11.6 Å². The molecule has 3 heteroatoms. The lowest BCUT2D eigenvalue weighted by Gasteiger charge is -2.09. The number of hydrogen-bond donors (Lipinski definition) is 2. The maximum Gasteiger partial charge on any atom is 0.330 e. The van der Waals surface area contributed by atoms with E-state index < -0.39 is 12.1 Å². The Kier molecular flexibility index (Phi) is 3.82. The predicted octanol–water partition coefficient (Wildman–Crippen LogP) is 1.03. The van der Waals surface area contributed by atoms with Crippen LogP contribution in [-0.4, -0.2) is 22.3 Å². The van der Waals surface area contributed by atoms with Crippen molar-refractivity contribution in [3.8, 4) is 0 Å². The SMILES string of the molecule is CC(=CC(C)C(C)O)C(=O)O. The molecule has 3 nitrogen and oxygen atoms in total. The van der Waals surface area contributed by atoms with Crippen molar-refractivity contribution in [1.29, 1.82) is 0 Å². The van der Waals surface area contributed by atoms with Gasteiger partial charge in [-0.25, -0.2) is 4.79 Å². The van der Waals surface area contributed by atoms with Crippen molar-refractivity contribution in [2.45, 2.75) is 26.9 Å². The molecule has 0 aromatic carbocycles. The van der Waals surface area contributed by atoms with E-state index in [-0.39, 0.29) is 11.5 Å². The lowest BCUT2D eigenvalue weighted by molar-refractivity contribution is -0.132. The second-order valence-corrected chi connectivity index (χ2v) is 2.75. The summed E-state index contributed by atoms with van der Waals surface area (Å²) in [6.45, 7) is 4.93. The maximum atomic E-state index is 10.3. The zero-order valence-electron chi connectivity index (χ0n) is 7.03. The smallest absolute Gasteiger partial charge is 0.330 e. The van der Waals surface area contributed by atoms with Crippen LogP contribution < -0.4 is 0 Å². The first-order chi connectivity index (χ1) is 4.95. The molecule has 0 saturated heterocycles. The fourth-order valence-electron chi connectivity index (χ4n) is 0.605. The van der Waals surface area contributed by atoms with E-state index in [9.17, 15) is 4.79 Å². The van der Waals surface area contributed by atoms with Crippen LogP contribution in [0.1, 0.15) is 20.8 Å². The molecule has 0 aromatic rings. The summed E-state index contributed by atoms with van der Waals surface area (Å²) in [4.78, 5) is 10.3. The topological polar surface area (TPSA) is 57.5 Å². The summed E-state index contributed by atoms with van der Waals surface area (Å²) in [6.07, 6.45) is 1.05. The van der Waals surface area contributed by atoms with Crippen molar-refractivity contribution in [3.63, 3.8) is 0 Å². The highest BCUT2D eigenvalue weighted by atomic mass is 16.4. The molecular formula is C8H14O3. The van der Waals surface area contributed by atoms with E-state index in [1.165, 1.54) is 6.92 Å². The number of carbonyl (C=O) groups is 1. The Bertz CT molecular complexity index is 170. The van der Waals surface area contributed by atoms with E-state index in [0.29, 0.717) is 0 Å². The summed E-state index contributed by atoms with van der Waals surface area (Å²) < 4.78 is 0. The molecule has 0 heterocycles. The molecule has 2 N–H and O–H groups in total. The number of hydrogen-bond acceptors (Lipinski definition) is 2. The standard InChI is InChI=1S/C8H14O3/c1-5(7(3)9)4-6(2)8(10)11/h4-5,7,9H,1-3H3,(H,10,11). The van der Waals surface area contributed by atoms with E-state index in [1.807, 2.05) is 0 Å². The molecule has 0 aromatic heterocycles. The van der Waals surface area contributed by atoms with Gasteiger partial charge in [-0.1, -0.05) is 13.0 Å². The Morgan fingerprint density at radius 1 is 1.45 bits per heavy atom. The summed E-state index contributed by atoms with van der Waals surface area (Å²) in [5.41, 5.74) is 0.276. The number of carboxylic acids is 1. The van der Waals surface area contributed by atoms with Gasteiger partial charge in [0.25, 0.3) is 0 Å². The normalized spacial score (nSPS) is 17.6. The van der Waals surface area contributed by atoms with Gasteiger partial charge in [-0.15, -0.1) is 0 Å². The Morgan fingerprint density at radius 3 is 2.18 bits per heavy atom. The van der Waals surface area contributed by atoms with E-state index >= 15 is 0 Å². The molecule has 11 heavy (non-hydrogen) atoms. The highest BCUT2D eigenvalue weighted by molar-refractivity contribution is 5.85. The summed E-state index contributed by atoms with van der Waals surface area (Å²) >= 11 is 0. The third-order valence-electron chi connectivity index (χ3n) is 1.61. The van der Waals surface area contributed by atoms with Crippen LogP contribution in [0.4, 0.5) is 0 Å². The molecule has 0 spiro atoms. The number of rotatable bonds is 3. The quantitative estimate of drug-likeness (QED) is 0.603. The minimum absolute atomic E-state index is 0.105. The summed E-state index contributed by atoms with van der Waals surface area (Å²) in [5.74, 6) is -1.04. The van der Waals surface area contributed by atoms with Crippen molar-refractivity contribution in [2.75, 3.05) is 0 Å². The van der Waals surface area contributed by atoms with Gasteiger partial charge in [0.1, 0.15) is 0 Å². The van der Waals surface area contributed by atoms with Gasteiger partial charge >= 0.3 is 5.97 Å². The fraction of sp³-hybridized carbons (Fsp3) is 0.625. The van der Waals surface area contributed by atoms with Gasteiger partial charge in [-0.3, -0.25) is 0 Å². The van der Waals surface area contributed by atoms with E-state index in [4.69, 9.17) is 10.2 Å². The second kappa shape index (κ2) is 4.13. The van der Waals surface area contributed by atoms with Crippen LogP contribution in [0.5, 0.6) is 0 Å². The van der Waals surface area contributed by atoms with Crippen LogP contribution in [0, 0.1) is 5.92 Å². The molecule has 0 radical (unpaired) electrons. The van der Waals surface area contributed by atoms with Gasteiger partial charge < -0.3 is 10.2 Å². The van der Waals surface area contributed by atoms with Crippen molar-refractivity contribution in [2.24, 2.45) is 5.92 Å². The lowest BCUT2D eigenvalue weighted by Crippen LogP contribution is -2.12. The molecule has 0 aliphatic heterocycles. The van der Waals surface area contributed by atoms with Gasteiger partial charge in [-0.2, -0.15) is 0 Å². The first-order valence-corrected chi connectivity index (χ1v) is 3.55. The minimum atomic E-state index is -0.933. The second-order valence-electron chi connectivity index (χ2n) is 2.75. The number of aliphatic hydroxyl groups is 1. The zero-order chi connectivity index (χ0) is 9.02. The zero-order valence-corrected chi connectivity index (χ0v) is 7.03. The molecule has 0 rings (SSSR count). The molecule has 0 fully saturated rings. The predicted molar refractivity (Wildman–Crippen MR) is 42.2 cm³/mol. The van der Waals surface area contributed by atoms with Crippen LogP contribution in [0.25, 0.3) is 0 Å². The molecule has 0 saturated carbocycles. The van der Waals surface area contributed by atoms with Crippen molar-refractivity contribution in [1.82, 2.24) is 0 Å². The fourth-order valence-corrected chi connectivity index (χ4v) is 0.605. The van der Waals surface area contributed by atoms with Gasteiger partial charge in [-0.05, 0) is 13.8 Å². The summed E-state index contributed by atoms with van der Waals surface area (Å²) in [5, 5.41) is 17.5. The molecule has 64 valence electrons. The Labute approximate surface area is 66.4 Å². The number of aliphatic hydroxyl groups excluding tert-OH is 1. The molecular weight excluding hydrogens is 144 g/mol. The van der Waals surface area contributed by atoms with Gasteiger partial charge in [0.2, 0.25) is 0 Å². The van der Waals surface area contributed by atoms with Gasteiger partial charge in [0, 0.05) is 11.5 Å². The maximum absolute atomic E-state index is 10.3. The first-order valence-electron chi connectivity index (χ1n) is 3.55. The molecule has 0 amide bonds. The average Bonchev–Trinajstić information content (AvgIpc) is 1.87. The van der Waals surface area contributed by atoms with Gasteiger partial charge in [0.15, 0.2) is 0 Å². The third-order valence-corrected chi connectivity index (χ3v) is 1.61. The van der Waals surface area contributed by atoms with E-state index in [0.717, 1.165) is 0 Å². The van der Waals surface area contributed by atoms with Crippen molar-refractivity contribution >= 4 is 5.97 Å². The van der Waals surface area contributed by atoms with Crippen LogP contribution in [0.3, 0.4) is 0 Å². The summed E-state index contributed by atoms with van der Waals surface area (Å²) in [6, 6.07) is 0. The van der Waals surface area contributed by atoms with E-state index in [2.05, 4.69) is 0 Å². The Morgan fingerprint density at radius 2 is 1.91 bits per heavy atom. The first kappa shape index (κ1) is 10.2.